The summed E-state index contributed by atoms with van der Waals surface area (Å²) in [6.45, 7) is 0.128. The van der Waals surface area contributed by atoms with Crippen LogP contribution in [0.25, 0.3) is 0 Å². The molecule has 6 heteroatoms. The van der Waals surface area contributed by atoms with E-state index in [-0.39, 0.29) is 31.0 Å². The fraction of sp³-hybridized carbons (Fsp3) is 0.833. The van der Waals surface area contributed by atoms with Crippen LogP contribution in [0.15, 0.2) is 0 Å². The molecule has 1 saturated carbocycles. The van der Waals surface area contributed by atoms with Crippen molar-refractivity contribution in [1.82, 2.24) is 10.6 Å². The average Bonchev–Trinajstić information content (AvgIpc) is 2.37. The quantitative estimate of drug-likeness (QED) is 0.599. The van der Waals surface area contributed by atoms with Crippen molar-refractivity contribution in [3.05, 3.63) is 0 Å². The van der Waals surface area contributed by atoms with Crippen LogP contribution in [0.3, 0.4) is 0 Å². The first-order chi connectivity index (χ1) is 8.63. The van der Waals surface area contributed by atoms with Crippen molar-refractivity contribution in [3.63, 3.8) is 0 Å². The fourth-order valence-corrected chi connectivity index (χ4v) is 2.08. The third-order valence-electron chi connectivity index (χ3n) is 3.08. The number of carbonyl (C=O) groups is 2. The van der Waals surface area contributed by atoms with Crippen molar-refractivity contribution in [1.29, 1.82) is 0 Å². The molecule has 0 aromatic rings. The van der Waals surface area contributed by atoms with Gasteiger partial charge >= 0.3 is 0 Å². The molecular weight excluding hydrogens is 234 g/mol. The van der Waals surface area contributed by atoms with Gasteiger partial charge in [-0.1, -0.05) is 19.3 Å². The number of rotatable bonds is 6. The molecule has 104 valence electrons. The second-order valence-electron chi connectivity index (χ2n) is 4.68. The normalized spacial score (nSPS) is 18.1. The molecule has 0 saturated heterocycles. The molecule has 1 aliphatic carbocycles. The highest BCUT2D eigenvalue weighted by molar-refractivity contribution is 5.87. The Kier molecular flexibility index (Phi) is 6.67. The minimum atomic E-state index is -0.725. The first-order valence-electron chi connectivity index (χ1n) is 6.45. The van der Waals surface area contributed by atoms with Crippen molar-refractivity contribution < 1.29 is 14.3 Å². The van der Waals surface area contributed by atoms with Gasteiger partial charge in [0.25, 0.3) is 0 Å². The number of hydrogen-bond donors (Lipinski definition) is 3. The van der Waals surface area contributed by atoms with Crippen molar-refractivity contribution in [2.75, 3.05) is 20.3 Å². The number of amides is 2. The predicted octanol–water partition coefficient (Wildman–Crippen LogP) is -0.475. The maximum atomic E-state index is 11.6. The minimum absolute atomic E-state index is 0.0211. The fourth-order valence-electron chi connectivity index (χ4n) is 2.08. The second-order valence-corrected chi connectivity index (χ2v) is 4.68. The number of carbonyl (C=O) groups excluding carboxylic acids is 2. The molecule has 1 unspecified atom stereocenters. The molecule has 0 aromatic heterocycles. The summed E-state index contributed by atoms with van der Waals surface area (Å²) in [5.41, 5.74) is 5.53. The Hall–Kier alpha value is -1.14. The molecule has 1 aliphatic rings. The van der Waals surface area contributed by atoms with Crippen LogP contribution >= 0.6 is 0 Å². The van der Waals surface area contributed by atoms with Crippen molar-refractivity contribution >= 4 is 11.8 Å². The van der Waals surface area contributed by atoms with Gasteiger partial charge in [-0.2, -0.15) is 0 Å². The SMILES string of the molecule is COCC(N)C(=O)NCC(=O)NC1CCCCC1. The van der Waals surface area contributed by atoms with Gasteiger partial charge in [0.2, 0.25) is 11.8 Å². The van der Waals surface area contributed by atoms with E-state index in [9.17, 15) is 9.59 Å². The zero-order valence-electron chi connectivity index (χ0n) is 10.9. The van der Waals surface area contributed by atoms with Gasteiger partial charge in [-0.05, 0) is 12.8 Å². The van der Waals surface area contributed by atoms with Gasteiger partial charge in [0.05, 0.1) is 13.2 Å². The molecule has 0 bridgehead atoms. The molecule has 6 nitrogen and oxygen atoms in total. The van der Waals surface area contributed by atoms with Gasteiger partial charge in [0.1, 0.15) is 6.04 Å². The molecule has 0 aliphatic heterocycles. The summed E-state index contributed by atoms with van der Waals surface area (Å²) < 4.78 is 4.77. The summed E-state index contributed by atoms with van der Waals surface area (Å²) in [7, 11) is 1.48. The maximum absolute atomic E-state index is 11.6. The molecule has 0 aromatic carbocycles. The van der Waals surface area contributed by atoms with E-state index in [0.29, 0.717) is 0 Å². The van der Waals surface area contributed by atoms with Crippen molar-refractivity contribution in [2.24, 2.45) is 5.73 Å². The van der Waals surface area contributed by atoms with Crippen LogP contribution in [0.2, 0.25) is 0 Å². The Morgan fingerprint density at radius 1 is 1.33 bits per heavy atom. The van der Waals surface area contributed by atoms with E-state index in [0.717, 1.165) is 25.7 Å². The van der Waals surface area contributed by atoms with Gasteiger partial charge in [-0.3, -0.25) is 9.59 Å². The molecule has 2 amide bonds. The first kappa shape index (κ1) is 14.9. The lowest BCUT2D eigenvalue weighted by atomic mass is 9.95. The summed E-state index contributed by atoms with van der Waals surface area (Å²) in [5, 5.41) is 5.42. The van der Waals surface area contributed by atoms with E-state index in [4.69, 9.17) is 10.5 Å². The van der Waals surface area contributed by atoms with Gasteiger partial charge in [0, 0.05) is 13.2 Å². The van der Waals surface area contributed by atoms with Crippen LogP contribution in [0.1, 0.15) is 32.1 Å². The molecule has 0 spiro atoms. The Morgan fingerprint density at radius 3 is 2.61 bits per heavy atom. The number of methoxy groups -OCH3 is 1. The molecule has 1 rings (SSSR count). The molecule has 0 heterocycles. The minimum Gasteiger partial charge on any atom is -0.383 e. The van der Waals surface area contributed by atoms with Gasteiger partial charge < -0.3 is 21.1 Å². The summed E-state index contributed by atoms with van der Waals surface area (Å²) in [6.07, 6.45) is 5.63. The standard InChI is InChI=1S/C12H23N3O3/c1-18-8-10(13)12(17)14-7-11(16)15-9-5-3-2-4-6-9/h9-10H,2-8,13H2,1H3,(H,14,17)(H,15,16). The zero-order valence-corrected chi connectivity index (χ0v) is 10.9. The number of hydrogen-bond acceptors (Lipinski definition) is 4. The van der Waals surface area contributed by atoms with E-state index < -0.39 is 6.04 Å². The molecule has 18 heavy (non-hydrogen) atoms. The molecule has 0 radical (unpaired) electrons. The molecule has 4 N–H and O–H groups in total. The van der Waals surface area contributed by atoms with Gasteiger partial charge in [0.15, 0.2) is 0 Å². The van der Waals surface area contributed by atoms with Crippen molar-refractivity contribution in [2.45, 2.75) is 44.2 Å². The maximum Gasteiger partial charge on any atom is 0.239 e. The summed E-state index contributed by atoms with van der Waals surface area (Å²) in [6, 6.07) is -0.465. The lowest BCUT2D eigenvalue weighted by Gasteiger charge is -2.22. The lowest BCUT2D eigenvalue weighted by molar-refractivity contribution is -0.127. The highest BCUT2D eigenvalue weighted by Crippen LogP contribution is 2.16. The summed E-state index contributed by atoms with van der Waals surface area (Å²) in [4.78, 5) is 23.0. The van der Waals surface area contributed by atoms with E-state index >= 15 is 0 Å². The largest absolute Gasteiger partial charge is 0.383 e. The Bertz CT molecular complexity index is 278. The van der Waals surface area contributed by atoms with E-state index in [1.165, 1.54) is 13.5 Å². The topological polar surface area (TPSA) is 93.4 Å². The van der Waals surface area contributed by atoms with Crippen molar-refractivity contribution in [3.8, 4) is 0 Å². The van der Waals surface area contributed by atoms with E-state index in [1.54, 1.807) is 0 Å². The van der Waals surface area contributed by atoms with Gasteiger partial charge in [-0.15, -0.1) is 0 Å². The molecule has 1 atom stereocenters. The first-order valence-corrected chi connectivity index (χ1v) is 6.45. The van der Waals surface area contributed by atoms with Crippen LogP contribution in [0.5, 0.6) is 0 Å². The third-order valence-corrected chi connectivity index (χ3v) is 3.08. The second kappa shape index (κ2) is 8.05. The highest BCUT2D eigenvalue weighted by Gasteiger charge is 2.17. The monoisotopic (exact) mass is 257 g/mol. The average molecular weight is 257 g/mol. The Labute approximate surface area is 108 Å². The zero-order chi connectivity index (χ0) is 13.4. The molecule has 1 fully saturated rings. The number of ether oxygens (including phenoxy) is 1. The summed E-state index contributed by atoms with van der Waals surface area (Å²) >= 11 is 0. The smallest absolute Gasteiger partial charge is 0.239 e. The van der Waals surface area contributed by atoms with Crippen LogP contribution in [-0.4, -0.2) is 44.2 Å². The lowest BCUT2D eigenvalue weighted by Crippen LogP contribution is -2.48. The Morgan fingerprint density at radius 2 is 2.00 bits per heavy atom. The van der Waals surface area contributed by atoms with Crippen LogP contribution in [0.4, 0.5) is 0 Å². The van der Waals surface area contributed by atoms with Crippen LogP contribution < -0.4 is 16.4 Å². The third kappa shape index (κ3) is 5.46. The van der Waals surface area contributed by atoms with E-state index in [2.05, 4.69) is 10.6 Å². The summed E-state index contributed by atoms with van der Waals surface area (Å²) in [5.74, 6) is -0.518. The van der Waals surface area contributed by atoms with Gasteiger partial charge in [-0.25, -0.2) is 0 Å². The van der Waals surface area contributed by atoms with Crippen LogP contribution in [-0.2, 0) is 14.3 Å². The Balaban J connectivity index is 2.17. The highest BCUT2D eigenvalue weighted by atomic mass is 16.5. The van der Waals surface area contributed by atoms with Crippen LogP contribution in [0, 0.1) is 0 Å². The predicted molar refractivity (Wildman–Crippen MR) is 67.9 cm³/mol. The van der Waals surface area contributed by atoms with E-state index in [1.807, 2.05) is 0 Å². The number of nitrogens with one attached hydrogen (secondary N) is 2. The molecular formula is C12H23N3O3. The number of nitrogens with two attached hydrogens (primary N) is 1.